The smallest absolute Gasteiger partial charge is 0.217 e. The summed E-state index contributed by atoms with van der Waals surface area (Å²) in [7, 11) is -3.19. The van der Waals surface area contributed by atoms with Gasteiger partial charge in [-0.15, -0.1) is 6.42 Å². The molecule has 1 saturated heterocycles. The van der Waals surface area contributed by atoms with Crippen molar-refractivity contribution in [2.24, 2.45) is 5.92 Å². The predicted octanol–water partition coefficient (Wildman–Crippen LogP) is 0.413. The number of nitrogens with zero attached hydrogens (tertiary/aromatic N) is 1. The van der Waals surface area contributed by atoms with Crippen LogP contribution in [-0.2, 0) is 10.0 Å². The fourth-order valence-electron chi connectivity index (χ4n) is 2.25. The lowest BCUT2D eigenvalue weighted by Gasteiger charge is -2.28. The first-order valence-electron chi connectivity index (χ1n) is 6.27. The van der Waals surface area contributed by atoms with E-state index >= 15 is 0 Å². The summed E-state index contributed by atoms with van der Waals surface area (Å²) in [6.45, 7) is 2.42. The molecule has 17 heavy (non-hydrogen) atoms. The Bertz CT molecular complexity index is 389. The molecule has 0 radical (unpaired) electrons. The molecule has 0 aromatic heterocycles. The predicted molar refractivity (Wildman–Crippen MR) is 67.9 cm³/mol. The van der Waals surface area contributed by atoms with Crippen LogP contribution in [0.5, 0.6) is 0 Å². The van der Waals surface area contributed by atoms with Crippen molar-refractivity contribution < 1.29 is 8.42 Å². The van der Waals surface area contributed by atoms with E-state index in [0.717, 1.165) is 25.9 Å². The summed E-state index contributed by atoms with van der Waals surface area (Å²) in [6, 6.07) is 0. The van der Waals surface area contributed by atoms with E-state index in [4.69, 9.17) is 6.42 Å². The topological polar surface area (TPSA) is 49.4 Å². The molecule has 0 spiro atoms. The number of nitrogens with one attached hydrogen (secondary N) is 1. The number of rotatable bonds is 5. The molecule has 0 unspecified atom stereocenters. The quantitative estimate of drug-likeness (QED) is 0.725. The minimum absolute atomic E-state index is 0.225. The van der Waals surface area contributed by atoms with Crippen LogP contribution in [-0.4, -0.2) is 44.2 Å². The van der Waals surface area contributed by atoms with Crippen LogP contribution < -0.4 is 5.32 Å². The van der Waals surface area contributed by atoms with Crippen molar-refractivity contribution in [1.82, 2.24) is 9.62 Å². The van der Waals surface area contributed by atoms with Gasteiger partial charge in [-0.2, -0.15) is 4.31 Å². The second kappa shape index (κ2) is 5.38. The van der Waals surface area contributed by atoms with Crippen molar-refractivity contribution in [2.45, 2.75) is 30.9 Å². The van der Waals surface area contributed by atoms with Crippen molar-refractivity contribution in [3.05, 3.63) is 0 Å². The summed E-state index contributed by atoms with van der Waals surface area (Å²) < 4.78 is 26.4. The Morgan fingerprint density at radius 2 is 1.88 bits per heavy atom. The van der Waals surface area contributed by atoms with Gasteiger partial charge >= 0.3 is 0 Å². The van der Waals surface area contributed by atoms with Crippen molar-refractivity contribution in [3.8, 4) is 12.3 Å². The fourth-order valence-corrected chi connectivity index (χ4v) is 4.18. The van der Waals surface area contributed by atoms with Crippen LogP contribution >= 0.6 is 0 Å². The third-order valence-corrected chi connectivity index (χ3v) is 5.81. The molecule has 0 amide bonds. The van der Waals surface area contributed by atoms with Gasteiger partial charge in [-0.1, -0.05) is 5.92 Å². The van der Waals surface area contributed by atoms with Crippen molar-refractivity contribution >= 4 is 10.0 Å². The summed E-state index contributed by atoms with van der Waals surface area (Å²) in [4.78, 5) is 0. The molecule has 2 aliphatic rings. The minimum Gasteiger partial charge on any atom is -0.317 e. The van der Waals surface area contributed by atoms with Gasteiger partial charge in [0.1, 0.15) is 0 Å². The second-order valence-electron chi connectivity index (χ2n) is 4.93. The number of piperidine rings is 1. The zero-order chi connectivity index (χ0) is 12.3. The summed E-state index contributed by atoms with van der Waals surface area (Å²) in [6.07, 6.45) is 8.97. The fraction of sp³-hybridized carbons (Fsp3) is 0.833. The van der Waals surface area contributed by atoms with E-state index in [1.165, 1.54) is 4.31 Å². The van der Waals surface area contributed by atoms with Crippen molar-refractivity contribution in [2.75, 3.05) is 26.2 Å². The zero-order valence-corrected chi connectivity index (χ0v) is 10.9. The molecule has 1 aliphatic carbocycles. The van der Waals surface area contributed by atoms with E-state index in [1.54, 1.807) is 0 Å². The monoisotopic (exact) mass is 256 g/mol. The first-order chi connectivity index (χ1) is 8.14. The van der Waals surface area contributed by atoms with Gasteiger partial charge in [0.25, 0.3) is 0 Å². The molecule has 2 rings (SSSR count). The Morgan fingerprint density at radius 3 is 2.41 bits per heavy atom. The molecule has 4 nitrogen and oxygen atoms in total. The second-order valence-corrected chi connectivity index (χ2v) is 7.15. The normalized spacial score (nSPS) is 22.6. The molecule has 1 N–H and O–H groups in total. The van der Waals surface area contributed by atoms with Crippen LogP contribution in [0.15, 0.2) is 0 Å². The highest BCUT2D eigenvalue weighted by atomic mass is 32.2. The highest BCUT2D eigenvalue weighted by Gasteiger charge is 2.35. The van der Waals surface area contributed by atoms with Gasteiger partial charge in [0.15, 0.2) is 0 Å². The standard InChI is InChI=1S/C12H20N2O2S/c1-2-9-14(10-11-3-4-11)17(15,16)12-5-7-13-8-6-12/h1,11-13H,3-10H2. The van der Waals surface area contributed by atoms with E-state index in [9.17, 15) is 8.42 Å². The van der Waals surface area contributed by atoms with Crippen LogP contribution in [0.4, 0.5) is 0 Å². The van der Waals surface area contributed by atoms with E-state index in [1.807, 2.05) is 0 Å². The van der Waals surface area contributed by atoms with Gasteiger partial charge in [-0.3, -0.25) is 0 Å². The van der Waals surface area contributed by atoms with Crippen LogP contribution in [0.2, 0.25) is 0 Å². The molecule has 1 aliphatic heterocycles. The van der Waals surface area contributed by atoms with Gasteiger partial charge in [0, 0.05) is 6.54 Å². The van der Waals surface area contributed by atoms with Gasteiger partial charge in [-0.05, 0) is 44.7 Å². The molecule has 1 heterocycles. The summed E-state index contributed by atoms with van der Waals surface area (Å²) in [5.74, 6) is 3.02. The molecule has 0 atom stereocenters. The van der Waals surface area contributed by atoms with Crippen LogP contribution in [0.3, 0.4) is 0 Å². The highest BCUT2D eigenvalue weighted by Crippen LogP contribution is 2.31. The lowest BCUT2D eigenvalue weighted by Crippen LogP contribution is -2.44. The average Bonchev–Trinajstić information content (AvgIpc) is 3.14. The van der Waals surface area contributed by atoms with Gasteiger partial charge in [-0.25, -0.2) is 8.42 Å². The Morgan fingerprint density at radius 1 is 1.24 bits per heavy atom. The number of hydrogen-bond donors (Lipinski definition) is 1. The molecule has 2 fully saturated rings. The van der Waals surface area contributed by atoms with Crippen LogP contribution in [0.25, 0.3) is 0 Å². The van der Waals surface area contributed by atoms with Gasteiger partial charge in [0.05, 0.1) is 11.8 Å². The third kappa shape index (κ3) is 3.21. The molecule has 0 bridgehead atoms. The van der Waals surface area contributed by atoms with Crippen molar-refractivity contribution in [1.29, 1.82) is 0 Å². The van der Waals surface area contributed by atoms with E-state index in [-0.39, 0.29) is 11.8 Å². The van der Waals surface area contributed by atoms with Gasteiger partial charge < -0.3 is 5.32 Å². The molecular weight excluding hydrogens is 236 g/mol. The number of terminal acetylenes is 1. The molecular formula is C12H20N2O2S. The van der Waals surface area contributed by atoms with Crippen LogP contribution in [0, 0.1) is 18.3 Å². The summed E-state index contributed by atoms with van der Waals surface area (Å²) >= 11 is 0. The third-order valence-electron chi connectivity index (χ3n) is 3.49. The lowest BCUT2D eigenvalue weighted by molar-refractivity contribution is 0.404. The molecule has 0 aromatic carbocycles. The molecule has 5 heteroatoms. The van der Waals surface area contributed by atoms with Gasteiger partial charge in [0.2, 0.25) is 10.0 Å². The maximum atomic E-state index is 12.4. The maximum Gasteiger partial charge on any atom is 0.217 e. The van der Waals surface area contributed by atoms with E-state index in [0.29, 0.717) is 25.3 Å². The average molecular weight is 256 g/mol. The largest absolute Gasteiger partial charge is 0.317 e. The first-order valence-corrected chi connectivity index (χ1v) is 7.78. The summed E-state index contributed by atoms with van der Waals surface area (Å²) in [5, 5.41) is 2.95. The van der Waals surface area contributed by atoms with E-state index in [2.05, 4.69) is 11.2 Å². The zero-order valence-electron chi connectivity index (χ0n) is 10.1. The number of sulfonamides is 1. The first kappa shape index (κ1) is 12.9. The summed E-state index contributed by atoms with van der Waals surface area (Å²) in [5.41, 5.74) is 0. The Hall–Kier alpha value is -0.570. The van der Waals surface area contributed by atoms with E-state index < -0.39 is 10.0 Å². The molecule has 96 valence electrons. The van der Waals surface area contributed by atoms with Crippen LogP contribution in [0.1, 0.15) is 25.7 Å². The SMILES string of the molecule is C#CCN(CC1CC1)S(=O)(=O)C1CCNCC1. The Kier molecular flexibility index (Phi) is 4.08. The number of hydrogen-bond acceptors (Lipinski definition) is 3. The van der Waals surface area contributed by atoms with Crippen molar-refractivity contribution in [3.63, 3.8) is 0 Å². The lowest BCUT2D eigenvalue weighted by atomic mass is 10.2. The maximum absolute atomic E-state index is 12.4. The Labute approximate surface area is 104 Å². The molecule has 0 aromatic rings. The molecule has 1 saturated carbocycles. The highest BCUT2D eigenvalue weighted by molar-refractivity contribution is 7.89. The Balaban J connectivity index is 2.05. The minimum atomic E-state index is -3.19.